The molecule has 0 aromatic heterocycles. The van der Waals surface area contributed by atoms with E-state index in [1.165, 1.54) is 4.90 Å². The summed E-state index contributed by atoms with van der Waals surface area (Å²) >= 11 is 3.39. The van der Waals surface area contributed by atoms with Gasteiger partial charge in [-0.3, -0.25) is 9.59 Å². The number of aryl methyl sites for hydroxylation is 1. The highest BCUT2D eigenvalue weighted by atomic mass is 79.9. The lowest BCUT2D eigenvalue weighted by Gasteiger charge is -2.20. The molecule has 5 nitrogen and oxygen atoms in total. The molecule has 0 aliphatic carbocycles. The molecule has 138 valence electrons. The average molecular weight is 418 g/mol. The second-order valence-electron chi connectivity index (χ2n) is 6.27. The number of rotatable bonds is 7. The molecule has 0 saturated carbocycles. The fourth-order valence-electron chi connectivity index (χ4n) is 2.50. The molecule has 0 unspecified atom stereocenters. The van der Waals surface area contributed by atoms with Gasteiger partial charge in [0.15, 0.2) is 0 Å². The molecule has 6 heteroatoms. The Labute approximate surface area is 162 Å². The summed E-state index contributed by atoms with van der Waals surface area (Å²) in [6.07, 6.45) is 0. The highest BCUT2D eigenvalue weighted by molar-refractivity contribution is 9.10. The summed E-state index contributed by atoms with van der Waals surface area (Å²) in [7, 11) is 1.63. The van der Waals surface area contributed by atoms with Crippen LogP contribution in [0.1, 0.15) is 24.1 Å². The lowest BCUT2D eigenvalue weighted by atomic mass is 10.1. The molecule has 0 aliphatic rings. The minimum absolute atomic E-state index is 0.00966. The summed E-state index contributed by atoms with van der Waals surface area (Å²) in [5.41, 5.74) is 2.82. The van der Waals surface area contributed by atoms with Crippen LogP contribution in [0.25, 0.3) is 0 Å². The number of anilines is 1. The maximum atomic E-state index is 12.3. The Kier molecular flexibility index (Phi) is 7.36. The molecule has 0 aliphatic heterocycles. The van der Waals surface area contributed by atoms with Crippen molar-refractivity contribution in [3.8, 4) is 0 Å². The summed E-state index contributed by atoms with van der Waals surface area (Å²) in [6, 6.07) is 15.6. The molecule has 1 atom stereocenters. The van der Waals surface area contributed by atoms with Gasteiger partial charge in [0.2, 0.25) is 11.8 Å². The topological polar surface area (TPSA) is 61.4 Å². The molecule has 0 saturated heterocycles. The molecule has 2 rings (SSSR count). The van der Waals surface area contributed by atoms with Crippen LogP contribution in [0.2, 0.25) is 0 Å². The lowest BCUT2D eigenvalue weighted by molar-refractivity contribution is -0.132. The van der Waals surface area contributed by atoms with Crippen LogP contribution in [0, 0.1) is 6.92 Å². The fraction of sp³-hybridized carbons (Fsp3) is 0.300. The monoisotopic (exact) mass is 417 g/mol. The standard InChI is InChI=1S/C20H24BrN3O2/c1-14-11-17(21)9-10-18(14)23-19(25)13-24(3)20(26)12-22-15(2)16-7-5-4-6-8-16/h4-11,15,22H,12-13H2,1-3H3,(H,23,25)/t15-/m0/s1. The molecule has 2 amide bonds. The van der Waals surface area contributed by atoms with Crippen LogP contribution in [0.15, 0.2) is 53.0 Å². The molecule has 0 radical (unpaired) electrons. The third-order valence-electron chi connectivity index (χ3n) is 4.13. The first-order valence-corrected chi connectivity index (χ1v) is 9.24. The summed E-state index contributed by atoms with van der Waals surface area (Å²) < 4.78 is 0.957. The highest BCUT2D eigenvalue weighted by Gasteiger charge is 2.15. The second-order valence-corrected chi connectivity index (χ2v) is 7.19. The van der Waals surface area contributed by atoms with Crippen molar-refractivity contribution in [3.63, 3.8) is 0 Å². The molecule has 0 spiro atoms. The predicted octanol–water partition coefficient (Wildman–Crippen LogP) is 3.51. The van der Waals surface area contributed by atoms with E-state index in [1.54, 1.807) is 7.05 Å². The van der Waals surface area contributed by atoms with Gasteiger partial charge in [0.25, 0.3) is 0 Å². The predicted molar refractivity (Wildman–Crippen MR) is 108 cm³/mol. The van der Waals surface area contributed by atoms with Gasteiger partial charge in [-0.05, 0) is 43.2 Å². The number of amides is 2. The number of carbonyl (C=O) groups excluding carboxylic acids is 2. The molecular weight excluding hydrogens is 394 g/mol. The van der Waals surface area contributed by atoms with Crippen LogP contribution < -0.4 is 10.6 Å². The molecule has 0 bridgehead atoms. The molecule has 0 heterocycles. The largest absolute Gasteiger partial charge is 0.335 e. The number of likely N-dealkylation sites (N-methyl/N-ethyl adjacent to an activating group) is 1. The molecular formula is C20H24BrN3O2. The van der Waals surface area contributed by atoms with Crippen molar-refractivity contribution in [1.29, 1.82) is 0 Å². The van der Waals surface area contributed by atoms with Crippen molar-refractivity contribution in [2.24, 2.45) is 0 Å². The van der Waals surface area contributed by atoms with Crippen molar-refractivity contribution in [2.75, 3.05) is 25.5 Å². The zero-order valence-electron chi connectivity index (χ0n) is 15.3. The Morgan fingerprint density at radius 2 is 1.85 bits per heavy atom. The maximum absolute atomic E-state index is 12.3. The average Bonchev–Trinajstić information content (AvgIpc) is 2.62. The number of hydrogen-bond donors (Lipinski definition) is 2. The molecule has 2 aromatic carbocycles. The summed E-state index contributed by atoms with van der Waals surface area (Å²) in [5, 5.41) is 6.03. The van der Waals surface area contributed by atoms with E-state index in [-0.39, 0.29) is 30.9 Å². The van der Waals surface area contributed by atoms with Crippen LogP contribution in [0.5, 0.6) is 0 Å². The Balaban J connectivity index is 1.81. The van der Waals surface area contributed by atoms with Crippen LogP contribution in [-0.2, 0) is 9.59 Å². The van der Waals surface area contributed by atoms with E-state index in [2.05, 4.69) is 26.6 Å². The Hall–Kier alpha value is -2.18. The van der Waals surface area contributed by atoms with E-state index >= 15 is 0 Å². The third-order valence-corrected chi connectivity index (χ3v) is 4.62. The van der Waals surface area contributed by atoms with Gasteiger partial charge in [-0.15, -0.1) is 0 Å². The SMILES string of the molecule is Cc1cc(Br)ccc1NC(=O)CN(C)C(=O)CN[C@@H](C)c1ccccc1. The lowest BCUT2D eigenvalue weighted by Crippen LogP contribution is -2.40. The Morgan fingerprint density at radius 3 is 2.50 bits per heavy atom. The normalized spacial score (nSPS) is 11.7. The van der Waals surface area contributed by atoms with Crippen molar-refractivity contribution in [1.82, 2.24) is 10.2 Å². The number of hydrogen-bond acceptors (Lipinski definition) is 3. The number of benzene rings is 2. The summed E-state index contributed by atoms with van der Waals surface area (Å²) in [4.78, 5) is 25.9. The van der Waals surface area contributed by atoms with E-state index in [9.17, 15) is 9.59 Å². The Morgan fingerprint density at radius 1 is 1.15 bits per heavy atom. The van der Waals surface area contributed by atoms with Crippen molar-refractivity contribution in [3.05, 3.63) is 64.1 Å². The second kappa shape index (κ2) is 9.50. The number of carbonyl (C=O) groups is 2. The molecule has 0 fully saturated rings. The summed E-state index contributed by atoms with van der Waals surface area (Å²) in [6.45, 7) is 4.11. The van der Waals surface area contributed by atoms with Gasteiger partial charge in [0.05, 0.1) is 13.1 Å². The highest BCUT2D eigenvalue weighted by Crippen LogP contribution is 2.19. The first-order valence-electron chi connectivity index (χ1n) is 8.45. The molecule has 2 N–H and O–H groups in total. The smallest absolute Gasteiger partial charge is 0.243 e. The first kappa shape index (κ1) is 20.1. The van der Waals surface area contributed by atoms with E-state index in [1.807, 2.05) is 62.4 Å². The maximum Gasteiger partial charge on any atom is 0.243 e. The van der Waals surface area contributed by atoms with Crippen molar-refractivity contribution >= 4 is 33.4 Å². The van der Waals surface area contributed by atoms with Gasteiger partial charge in [0.1, 0.15) is 0 Å². The zero-order chi connectivity index (χ0) is 19.1. The minimum atomic E-state index is -0.220. The van der Waals surface area contributed by atoms with Gasteiger partial charge in [-0.1, -0.05) is 46.3 Å². The van der Waals surface area contributed by atoms with Gasteiger partial charge in [-0.2, -0.15) is 0 Å². The quantitative estimate of drug-likeness (QED) is 0.724. The van der Waals surface area contributed by atoms with E-state index in [0.29, 0.717) is 0 Å². The first-order chi connectivity index (χ1) is 12.4. The third kappa shape index (κ3) is 5.97. The van der Waals surface area contributed by atoms with Crippen LogP contribution in [-0.4, -0.2) is 36.9 Å². The fourth-order valence-corrected chi connectivity index (χ4v) is 2.97. The molecule has 2 aromatic rings. The van der Waals surface area contributed by atoms with E-state index in [4.69, 9.17) is 0 Å². The summed E-state index contributed by atoms with van der Waals surface area (Å²) in [5.74, 6) is -0.349. The minimum Gasteiger partial charge on any atom is -0.335 e. The van der Waals surface area contributed by atoms with Crippen molar-refractivity contribution in [2.45, 2.75) is 19.9 Å². The van der Waals surface area contributed by atoms with Gasteiger partial charge in [0, 0.05) is 23.2 Å². The van der Waals surface area contributed by atoms with Crippen LogP contribution in [0.4, 0.5) is 5.69 Å². The Bertz CT molecular complexity index is 765. The zero-order valence-corrected chi connectivity index (χ0v) is 16.8. The van der Waals surface area contributed by atoms with Crippen LogP contribution in [0.3, 0.4) is 0 Å². The number of nitrogens with zero attached hydrogens (tertiary/aromatic N) is 1. The molecule has 26 heavy (non-hydrogen) atoms. The van der Waals surface area contributed by atoms with Crippen LogP contribution >= 0.6 is 15.9 Å². The number of nitrogens with one attached hydrogen (secondary N) is 2. The van der Waals surface area contributed by atoms with E-state index in [0.717, 1.165) is 21.3 Å². The van der Waals surface area contributed by atoms with Crippen molar-refractivity contribution < 1.29 is 9.59 Å². The van der Waals surface area contributed by atoms with Gasteiger partial charge >= 0.3 is 0 Å². The van der Waals surface area contributed by atoms with E-state index < -0.39 is 0 Å². The van der Waals surface area contributed by atoms with Gasteiger partial charge < -0.3 is 15.5 Å². The van der Waals surface area contributed by atoms with Gasteiger partial charge in [-0.25, -0.2) is 0 Å². The number of halogens is 1.